The first-order chi connectivity index (χ1) is 9.97. The summed E-state index contributed by atoms with van der Waals surface area (Å²) in [6.07, 6.45) is 1.03. The molecule has 120 valence electrons. The number of ether oxygens (including phenoxy) is 1. The van der Waals surface area contributed by atoms with E-state index in [1.165, 1.54) is 6.92 Å². The highest BCUT2D eigenvalue weighted by Gasteiger charge is 2.26. The summed E-state index contributed by atoms with van der Waals surface area (Å²) in [5.41, 5.74) is 0. The van der Waals surface area contributed by atoms with Crippen LogP contribution in [0.2, 0.25) is 0 Å². The van der Waals surface area contributed by atoms with Gasteiger partial charge in [0.2, 0.25) is 11.8 Å². The third-order valence-corrected chi connectivity index (χ3v) is 3.61. The maximum absolute atomic E-state index is 12.0. The topological polar surface area (TPSA) is 87.7 Å². The van der Waals surface area contributed by atoms with Crippen molar-refractivity contribution in [3.05, 3.63) is 0 Å². The highest BCUT2D eigenvalue weighted by Crippen LogP contribution is 2.11. The van der Waals surface area contributed by atoms with Crippen molar-refractivity contribution in [3.63, 3.8) is 0 Å². The van der Waals surface area contributed by atoms with Gasteiger partial charge in [-0.05, 0) is 19.8 Å². The van der Waals surface area contributed by atoms with Gasteiger partial charge in [0.15, 0.2) is 0 Å². The fourth-order valence-corrected chi connectivity index (χ4v) is 2.42. The lowest BCUT2D eigenvalue weighted by atomic mass is 10.0. The zero-order valence-electron chi connectivity index (χ0n) is 12.4. The van der Waals surface area contributed by atoms with E-state index in [2.05, 4.69) is 23.3 Å². The second-order valence-corrected chi connectivity index (χ2v) is 5.27. The van der Waals surface area contributed by atoms with Crippen LogP contribution in [0, 0.1) is 0 Å². The van der Waals surface area contributed by atoms with E-state index in [9.17, 15) is 14.4 Å². The van der Waals surface area contributed by atoms with E-state index in [0.717, 1.165) is 0 Å². The van der Waals surface area contributed by atoms with Crippen molar-refractivity contribution in [1.82, 2.24) is 15.5 Å². The molecule has 0 radical (unpaired) electrons. The average Bonchev–Trinajstić information content (AvgIpc) is 2.45. The third kappa shape index (κ3) is 5.82. The molecule has 2 N–H and O–H groups in total. The Morgan fingerprint density at radius 2 is 1.95 bits per heavy atom. The Kier molecular flexibility index (Phi) is 7.35. The minimum atomic E-state index is -0.631. The van der Waals surface area contributed by atoms with E-state index in [1.54, 1.807) is 11.8 Å². The standard InChI is InChI=1S/C13H23N3O4S/c1-3-20-13(19)16-6-4-10(5-7-16)15-12(18)11(8-21)14-9(2)17/h10-11,21H,3-8H2,1-2H3,(H,14,17)(H,15,18). The maximum Gasteiger partial charge on any atom is 0.409 e. The SMILES string of the molecule is CCOC(=O)N1CCC(NC(=O)C(CS)NC(C)=O)CC1. The number of piperidine rings is 1. The molecule has 0 saturated carbocycles. The number of likely N-dealkylation sites (tertiary alicyclic amines) is 1. The van der Waals surface area contributed by atoms with Crippen molar-refractivity contribution in [2.45, 2.75) is 38.8 Å². The fourth-order valence-electron chi connectivity index (χ4n) is 2.16. The Morgan fingerprint density at radius 1 is 1.33 bits per heavy atom. The van der Waals surface area contributed by atoms with E-state index in [1.807, 2.05) is 0 Å². The summed E-state index contributed by atoms with van der Waals surface area (Å²) in [5.74, 6) is -0.260. The Bertz CT molecular complexity index is 384. The van der Waals surface area contributed by atoms with Gasteiger partial charge in [-0.15, -0.1) is 0 Å². The molecule has 7 nitrogen and oxygen atoms in total. The molecule has 1 atom stereocenters. The lowest BCUT2D eigenvalue weighted by Gasteiger charge is -2.32. The van der Waals surface area contributed by atoms with Crippen LogP contribution in [-0.4, -0.2) is 60.3 Å². The molecule has 1 saturated heterocycles. The minimum Gasteiger partial charge on any atom is -0.450 e. The zero-order valence-corrected chi connectivity index (χ0v) is 13.3. The third-order valence-electron chi connectivity index (χ3n) is 3.24. The smallest absolute Gasteiger partial charge is 0.409 e. The van der Waals surface area contributed by atoms with Crippen LogP contribution in [0.1, 0.15) is 26.7 Å². The number of carbonyl (C=O) groups excluding carboxylic acids is 3. The second kappa shape index (κ2) is 8.76. The molecule has 0 aromatic carbocycles. The minimum absolute atomic E-state index is 0.000631. The molecule has 21 heavy (non-hydrogen) atoms. The number of carbonyl (C=O) groups is 3. The predicted molar refractivity (Wildman–Crippen MR) is 81.2 cm³/mol. The normalized spacial score (nSPS) is 17.0. The van der Waals surface area contributed by atoms with Crippen LogP contribution >= 0.6 is 12.6 Å². The van der Waals surface area contributed by atoms with Gasteiger partial charge in [-0.2, -0.15) is 12.6 Å². The molecule has 1 rings (SSSR count). The van der Waals surface area contributed by atoms with Gasteiger partial charge in [0.05, 0.1) is 6.61 Å². The van der Waals surface area contributed by atoms with Crippen LogP contribution < -0.4 is 10.6 Å². The largest absolute Gasteiger partial charge is 0.450 e. The number of nitrogens with one attached hydrogen (secondary N) is 2. The van der Waals surface area contributed by atoms with E-state index >= 15 is 0 Å². The first-order valence-electron chi connectivity index (χ1n) is 7.08. The maximum atomic E-state index is 12.0. The van der Waals surface area contributed by atoms with Crippen LogP contribution in [0.15, 0.2) is 0 Å². The highest BCUT2D eigenvalue weighted by atomic mass is 32.1. The van der Waals surface area contributed by atoms with E-state index in [-0.39, 0.29) is 29.7 Å². The van der Waals surface area contributed by atoms with E-state index < -0.39 is 6.04 Å². The molecule has 0 aromatic heterocycles. The summed E-state index contributed by atoms with van der Waals surface area (Å²) < 4.78 is 4.94. The van der Waals surface area contributed by atoms with Gasteiger partial charge in [0.1, 0.15) is 6.04 Å². The molecule has 0 aromatic rings. The molecule has 8 heteroatoms. The van der Waals surface area contributed by atoms with Crippen LogP contribution in [0.25, 0.3) is 0 Å². The van der Waals surface area contributed by atoms with Crippen LogP contribution in [0.5, 0.6) is 0 Å². The van der Waals surface area contributed by atoms with Crippen LogP contribution in [-0.2, 0) is 14.3 Å². The van der Waals surface area contributed by atoms with Crippen molar-refractivity contribution in [2.24, 2.45) is 0 Å². The van der Waals surface area contributed by atoms with Gasteiger partial charge in [0, 0.05) is 31.8 Å². The van der Waals surface area contributed by atoms with Gasteiger partial charge >= 0.3 is 6.09 Å². The summed E-state index contributed by atoms with van der Waals surface area (Å²) in [4.78, 5) is 36.2. The summed E-state index contributed by atoms with van der Waals surface area (Å²) in [7, 11) is 0. The van der Waals surface area contributed by atoms with Crippen molar-refractivity contribution in [3.8, 4) is 0 Å². The lowest BCUT2D eigenvalue weighted by molar-refractivity contribution is -0.128. The van der Waals surface area contributed by atoms with Gasteiger partial charge < -0.3 is 20.3 Å². The van der Waals surface area contributed by atoms with Crippen molar-refractivity contribution < 1.29 is 19.1 Å². The van der Waals surface area contributed by atoms with Crippen molar-refractivity contribution in [2.75, 3.05) is 25.4 Å². The molecule has 0 spiro atoms. The highest BCUT2D eigenvalue weighted by molar-refractivity contribution is 7.80. The monoisotopic (exact) mass is 317 g/mol. The molecule has 0 aliphatic carbocycles. The Labute approximate surface area is 130 Å². The summed E-state index contributed by atoms with van der Waals surface area (Å²) >= 11 is 4.07. The van der Waals surface area contributed by atoms with Gasteiger partial charge in [-0.1, -0.05) is 0 Å². The van der Waals surface area contributed by atoms with E-state index in [4.69, 9.17) is 4.74 Å². The molecule has 1 fully saturated rings. The molecule has 1 aliphatic heterocycles. The van der Waals surface area contributed by atoms with Crippen molar-refractivity contribution >= 4 is 30.5 Å². The predicted octanol–water partition coefficient (Wildman–Crippen LogP) is 0.158. The summed E-state index contributed by atoms with van der Waals surface area (Å²) in [6.45, 7) is 4.59. The number of thiol groups is 1. The number of rotatable bonds is 5. The first kappa shape index (κ1) is 17.6. The molecular formula is C13H23N3O4S. The average molecular weight is 317 g/mol. The number of hydrogen-bond donors (Lipinski definition) is 3. The quantitative estimate of drug-likeness (QED) is 0.630. The van der Waals surface area contributed by atoms with Crippen LogP contribution in [0.4, 0.5) is 4.79 Å². The molecule has 3 amide bonds. The fraction of sp³-hybridized carbons (Fsp3) is 0.769. The molecule has 1 aliphatic rings. The Hall–Kier alpha value is -1.44. The Morgan fingerprint density at radius 3 is 2.43 bits per heavy atom. The molecule has 0 bridgehead atoms. The zero-order chi connectivity index (χ0) is 15.8. The van der Waals surface area contributed by atoms with Gasteiger partial charge in [-0.25, -0.2) is 4.79 Å². The summed E-state index contributed by atoms with van der Waals surface area (Å²) in [6, 6.07) is -0.631. The summed E-state index contributed by atoms with van der Waals surface area (Å²) in [5, 5.41) is 5.44. The molecule has 1 heterocycles. The second-order valence-electron chi connectivity index (χ2n) is 4.90. The van der Waals surface area contributed by atoms with Crippen LogP contribution in [0.3, 0.4) is 0 Å². The Balaban J connectivity index is 2.39. The first-order valence-corrected chi connectivity index (χ1v) is 7.71. The molecule has 1 unspecified atom stereocenters. The van der Waals surface area contributed by atoms with Gasteiger partial charge in [0.25, 0.3) is 0 Å². The molecular weight excluding hydrogens is 294 g/mol. The number of amides is 3. The van der Waals surface area contributed by atoms with E-state index in [0.29, 0.717) is 32.5 Å². The number of nitrogens with zero attached hydrogens (tertiary/aromatic N) is 1. The lowest BCUT2D eigenvalue weighted by Crippen LogP contribution is -2.53. The number of hydrogen-bond acceptors (Lipinski definition) is 5. The van der Waals surface area contributed by atoms with Gasteiger partial charge in [-0.3, -0.25) is 9.59 Å². The van der Waals surface area contributed by atoms with Crippen molar-refractivity contribution in [1.29, 1.82) is 0 Å².